The number of nitrogen functional groups attached to an aromatic ring is 1. The summed E-state index contributed by atoms with van der Waals surface area (Å²) < 4.78 is 16.8. The second-order valence-electron chi connectivity index (χ2n) is 6.27. The fourth-order valence-electron chi connectivity index (χ4n) is 3.38. The molecule has 0 unspecified atom stereocenters. The van der Waals surface area contributed by atoms with Crippen molar-refractivity contribution in [2.75, 3.05) is 39.8 Å². The van der Waals surface area contributed by atoms with Crippen molar-refractivity contribution in [3.63, 3.8) is 0 Å². The monoisotopic (exact) mass is 307 g/mol. The van der Waals surface area contributed by atoms with E-state index in [1.165, 1.54) is 5.56 Å². The summed E-state index contributed by atoms with van der Waals surface area (Å²) in [6.07, 6.45) is 5.27. The van der Waals surface area contributed by atoms with Crippen LogP contribution in [0.2, 0.25) is 0 Å². The Labute approximate surface area is 133 Å². The minimum absolute atomic E-state index is 0.160. The molecule has 0 amide bonds. The number of hydrogen-bond donors (Lipinski definition) is 1. The van der Waals surface area contributed by atoms with Gasteiger partial charge in [-0.15, -0.1) is 0 Å². The van der Waals surface area contributed by atoms with Crippen LogP contribution in [0.4, 0.5) is 5.69 Å². The molecular formula is C18H29NO3. The zero-order chi connectivity index (χ0) is 15.8. The lowest BCUT2D eigenvalue weighted by molar-refractivity contribution is -0.127. The van der Waals surface area contributed by atoms with Gasteiger partial charge in [-0.3, -0.25) is 0 Å². The summed E-state index contributed by atoms with van der Waals surface area (Å²) in [5, 5.41) is 0. The van der Waals surface area contributed by atoms with E-state index in [1.807, 2.05) is 12.1 Å². The number of benzene rings is 1. The molecule has 1 saturated heterocycles. The van der Waals surface area contributed by atoms with E-state index in [2.05, 4.69) is 12.1 Å². The maximum absolute atomic E-state index is 6.17. The van der Waals surface area contributed by atoms with E-state index in [9.17, 15) is 0 Å². The van der Waals surface area contributed by atoms with Gasteiger partial charge in [0.25, 0.3) is 0 Å². The van der Waals surface area contributed by atoms with E-state index in [4.69, 9.17) is 19.9 Å². The lowest BCUT2D eigenvalue weighted by atomic mass is 9.79. The van der Waals surface area contributed by atoms with Crippen LogP contribution in [0.25, 0.3) is 0 Å². The van der Waals surface area contributed by atoms with Crippen molar-refractivity contribution >= 4 is 5.69 Å². The van der Waals surface area contributed by atoms with Crippen molar-refractivity contribution in [3.05, 3.63) is 29.8 Å². The molecule has 1 fully saturated rings. The summed E-state index contributed by atoms with van der Waals surface area (Å²) >= 11 is 0. The summed E-state index contributed by atoms with van der Waals surface area (Å²) in [5.41, 5.74) is 7.81. The van der Waals surface area contributed by atoms with Gasteiger partial charge in [0.2, 0.25) is 0 Å². The molecule has 22 heavy (non-hydrogen) atoms. The van der Waals surface area contributed by atoms with E-state index < -0.39 is 0 Å². The van der Waals surface area contributed by atoms with Crippen molar-refractivity contribution < 1.29 is 14.2 Å². The van der Waals surface area contributed by atoms with Crippen LogP contribution >= 0.6 is 0 Å². The molecule has 0 saturated carbocycles. The predicted molar refractivity (Wildman–Crippen MR) is 89.1 cm³/mol. The minimum atomic E-state index is -0.160. The zero-order valence-electron chi connectivity index (χ0n) is 13.8. The van der Waals surface area contributed by atoms with E-state index in [-0.39, 0.29) is 5.60 Å². The normalized spacial score (nSPS) is 25.3. The van der Waals surface area contributed by atoms with Gasteiger partial charge in [0.05, 0.1) is 12.2 Å². The first kappa shape index (κ1) is 17.3. The molecule has 1 aromatic rings. The summed E-state index contributed by atoms with van der Waals surface area (Å²) in [5.74, 6) is 0.520. The maximum atomic E-state index is 6.17. The zero-order valence-corrected chi connectivity index (χ0v) is 13.8. The average Bonchev–Trinajstić information content (AvgIpc) is 2.53. The van der Waals surface area contributed by atoms with Crippen molar-refractivity contribution in [1.29, 1.82) is 0 Å². The SMILES string of the molecule is COCCCC[C@]1(COC)C[C@H](c2ccc(N)cc2)CCO1. The summed E-state index contributed by atoms with van der Waals surface area (Å²) in [4.78, 5) is 0. The number of nitrogens with two attached hydrogens (primary N) is 1. The molecule has 0 aromatic heterocycles. The standard InChI is InChI=1S/C18H29NO3/c1-20-11-4-3-10-18(14-21-2)13-16(9-12-22-18)15-5-7-17(19)8-6-15/h5-8,16H,3-4,9-14,19H2,1-2H3/t16-,18-/m1/s1. The third-order valence-electron chi connectivity index (χ3n) is 4.54. The van der Waals surface area contributed by atoms with E-state index in [1.54, 1.807) is 14.2 Å². The number of hydrogen-bond acceptors (Lipinski definition) is 4. The van der Waals surface area contributed by atoms with E-state index >= 15 is 0 Å². The highest BCUT2D eigenvalue weighted by atomic mass is 16.5. The van der Waals surface area contributed by atoms with Crippen LogP contribution in [0.15, 0.2) is 24.3 Å². The van der Waals surface area contributed by atoms with E-state index in [0.717, 1.165) is 51.0 Å². The van der Waals surface area contributed by atoms with Crippen LogP contribution in [0, 0.1) is 0 Å². The lowest BCUT2D eigenvalue weighted by Gasteiger charge is -2.41. The summed E-state index contributed by atoms with van der Waals surface area (Å²) in [6, 6.07) is 8.27. The molecule has 0 bridgehead atoms. The predicted octanol–water partition coefficient (Wildman–Crippen LogP) is 3.36. The molecule has 124 valence electrons. The van der Waals surface area contributed by atoms with Gasteiger partial charge in [0, 0.05) is 33.1 Å². The van der Waals surface area contributed by atoms with Gasteiger partial charge in [-0.1, -0.05) is 12.1 Å². The Morgan fingerprint density at radius 3 is 2.64 bits per heavy atom. The highest BCUT2D eigenvalue weighted by Gasteiger charge is 2.37. The quantitative estimate of drug-likeness (QED) is 0.591. The first-order chi connectivity index (χ1) is 10.7. The molecule has 2 rings (SSSR count). The molecular weight excluding hydrogens is 278 g/mol. The van der Waals surface area contributed by atoms with Crippen LogP contribution in [0.5, 0.6) is 0 Å². The van der Waals surface area contributed by atoms with Gasteiger partial charge < -0.3 is 19.9 Å². The number of ether oxygens (including phenoxy) is 3. The molecule has 4 heteroatoms. The molecule has 1 aliphatic rings. The molecule has 2 atom stereocenters. The maximum Gasteiger partial charge on any atom is 0.0920 e. The third kappa shape index (κ3) is 4.70. The smallest absolute Gasteiger partial charge is 0.0920 e. The largest absolute Gasteiger partial charge is 0.399 e. The fraction of sp³-hybridized carbons (Fsp3) is 0.667. The Morgan fingerprint density at radius 1 is 1.18 bits per heavy atom. The number of methoxy groups -OCH3 is 2. The highest BCUT2D eigenvalue weighted by Crippen LogP contribution is 2.39. The fourth-order valence-corrected chi connectivity index (χ4v) is 3.38. The van der Waals surface area contributed by atoms with Crippen molar-refractivity contribution in [2.45, 2.75) is 43.6 Å². The van der Waals surface area contributed by atoms with Gasteiger partial charge in [0.15, 0.2) is 0 Å². The van der Waals surface area contributed by atoms with Crippen LogP contribution < -0.4 is 5.73 Å². The van der Waals surface area contributed by atoms with E-state index in [0.29, 0.717) is 12.5 Å². The van der Waals surface area contributed by atoms with Crippen LogP contribution in [-0.2, 0) is 14.2 Å². The Morgan fingerprint density at radius 2 is 1.95 bits per heavy atom. The average molecular weight is 307 g/mol. The minimum Gasteiger partial charge on any atom is -0.399 e. The first-order valence-electron chi connectivity index (χ1n) is 8.16. The first-order valence-corrected chi connectivity index (χ1v) is 8.16. The van der Waals surface area contributed by atoms with Crippen molar-refractivity contribution in [1.82, 2.24) is 0 Å². The summed E-state index contributed by atoms with van der Waals surface area (Å²) in [7, 11) is 3.51. The molecule has 0 radical (unpaired) electrons. The number of rotatable bonds is 8. The van der Waals surface area contributed by atoms with Gasteiger partial charge >= 0.3 is 0 Å². The Bertz CT molecular complexity index is 430. The third-order valence-corrected chi connectivity index (χ3v) is 4.54. The Balaban J connectivity index is 2.01. The molecule has 1 aromatic carbocycles. The van der Waals surface area contributed by atoms with Gasteiger partial charge in [-0.2, -0.15) is 0 Å². The molecule has 2 N–H and O–H groups in total. The molecule has 0 aliphatic carbocycles. The van der Waals surface area contributed by atoms with Gasteiger partial charge in [0.1, 0.15) is 0 Å². The molecule has 4 nitrogen and oxygen atoms in total. The Kier molecular flexibility index (Phi) is 6.68. The highest BCUT2D eigenvalue weighted by molar-refractivity contribution is 5.40. The van der Waals surface area contributed by atoms with Crippen LogP contribution in [0.1, 0.15) is 43.6 Å². The lowest BCUT2D eigenvalue weighted by Crippen LogP contribution is -2.43. The second-order valence-corrected chi connectivity index (χ2v) is 6.27. The Hall–Kier alpha value is -1.10. The van der Waals surface area contributed by atoms with Crippen molar-refractivity contribution in [3.8, 4) is 0 Å². The molecule has 0 spiro atoms. The van der Waals surface area contributed by atoms with Gasteiger partial charge in [-0.05, 0) is 55.7 Å². The number of anilines is 1. The van der Waals surface area contributed by atoms with Crippen LogP contribution in [0.3, 0.4) is 0 Å². The molecule has 1 aliphatic heterocycles. The van der Waals surface area contributed by atoms with Crippen LogP contribution in [-0.4, -0.2) is 39.6 Å². The number of unbranched alkanes of at least 4 members (excludes halogenated alkanes) is 1. The summed E-state index contributed by atoms with van der Waals surface area (Å²) in [6.45, 7) is 2.26. The van der Waals surface area contributed by atoms with Crippen molar-refractivity contribution in [2.24, 2.45) is 0 Å². The second kappa shape index (κ2) is 8.51. The topological polar surface area (TPSA) is 53.7 Å². The molecule has 1 heterocycles. The van der Waals surface area contributed by atoms with Gasteiger partial charge in [-0.25, -0.2) is 0 Å².